The van der Waals surface area contributed by atoms with Gasteiger partial charge in [-0.25, -0.2) is 0 Å². The van der Waals surface area contributed by atoms with Crippen molar-refractivity contribution in [1.29, 1.82) is 0 Å². The smallest absolute Gasteiger partial charge is 0.416 e. The molecule has 0 aromatic heterocycles. The van der Waals surface area contributed by atoms with Gasteiger partial charge < -0.3 is 14.2 Å². The monoisotopic (exact) mass is 366 g/mol. The second kappa shape index (κ2) is 7.95. The maximum absolute atomic E-state index is 13.0. The summed E-state index contributed by atoms with van der Waals surface area (Å²) in [7, 11) is 4.19. The number of carbonyl (C=O) groups is 1. The molecule has 0 atom stereocenters. The van der Waals surface area contributed by atoms with E-state index in [4.69, 9.17) is 14.2 Å². The summed E-state index contributed by atoms with van der Waals surface area (Å²) in [6, 6.07) is 7.99. The average Bonchev–Trinajstić information content (AvgIpc) is 2.64. The first-order valence-electron chi connectivity index (χ1n) is 7.50. The third-order valence-electron chi connectivity index (χ3n) is 3.64. The summed E-state index contributed by atoms with van der Waals surface area (Å²) in [5.74, 6) is 0.250. The highest BCUT2D eigenvalue weighted by atomic mass is 19.4. The molecule has 0 saturated heterocycles. The fourth-order valence-corrected chi connectivity index (χ4v) is 2.40. The van der Waals surface area contributed by atoms with Gasteiger partial charge in [0.05, 0.1) is 26.9 Å². The third kappa shape index (κ3) is 4.17. The topological polar surface area (TPSA) is 44.8 Å². The van der Waals surface area contributed by atoms with E-state index in [1.165, 1.54) is 51.7 Å². The molecule has 0 aliphatic heterocycles. The van der Waals surface area contributed by atoms with Crippen LogP contribution in [0.1, 0.15) is 21.5 Å². The van der Waals surface area contributed by atoms with Crippen LogP contribution in [-0.4, -0.2) is 27.1 Å². The number of hydrogen-bond donors (Lipinski definition) is 0. The Hall–Kier alpha value is -2.96. The fraction of sp³-hybridized carbons (Fsp3) is 0.211. The summed E-state index contributed by atoms with van der Waals surface area (Å²) < 4.78 is 54.6. The Labute approximate surface area is 148 Å². The minimum atomic E-state index is -4.51. The van der Waals surface area contributed by atoms with Gasteiger partial charge in [0.2, 0.25) is 0 Å². The van der Waals surface area contributed by atoms with Crippen molar-refractivity contribution in [3.63, 3.8) is 0 Å². The van der Waals surface area contributed by atoms with Crippen LogP contribution in [-0.2, 0) is 6.18 Å². The molecule has 0 aliphatic carbocycles. The summed E-state index contributed by atoms with van der Waals surface area (Å²) in [5, 5.41) is 0. The molecule has 0 spiro atoms. The van der Waals surface area contributed by atoms with Crippen LogP contribution in [0, 0.1) is 0 Å². The van der Waals surface area contributed by atoms with Crippen LogP contribution in [0.25, 0.3) is 6.08 Å². The van der Waals surface area contributed by atoms with Crippen LogP contribution in [0.15, 0.2) is 42.5 Å². The van der Waals surface area contributed by atoms with Crippen LogP contribution < -0.4 is 14.2 Å². The molecule has 7 heteroatoms. The minimum Gasteiger partial charge on any atom is -0.496 e. The van der Waals surface area contributed by atoms with Gasteiger partial charge in [0.25, 0.3) is 0 Å². The first-order chi connectivity index (χ1) is 12.3. The zero-order valence-corrected chi connectivity index (χ0v) is 14.4. The largest absolute Gasteiger partial charge is 0.496 e. The first-order valence-corrected chi connectivity index (χ1v) is 7.50. The summed E-state index contributed by atoms with van der Waals surface area (Å²) in [4.78, 5) is 12.6. The summed E-state index contributed by atoms with van der Waals surface area (Å²) in [6.45, 7) is 0. The standard InChI is InChI=1S/C19H17F3O4/c1-24-13-10-16(25-2)18(17(11-13)26-3)15(23)9-8-12-6-4-5-7-14(12)19(20,21)22/h4-11H,1-3H3/b9-8+. The van der Waals surface area contributed by atoms with Crippen LogP contribution in [0.2, 0.25) is 0 Å². The van der Waals surface area contributed by atoms with E-state index in [9.17, 15) is 18.0 Å². The molecule has 0 saturated carbocycles. The highest BCUT2D eigenvalue weighted by Crippen LogP contribution is 2.35. The van der Waals surface area contributed by atoms with Gasteiger partial charge in [0.1, 0.15) is 22.8 Å². The molecule has 2 aromatic rings. The highest BCUT2D eigenvalue weighted by Gasteiger charge is 2.32. The van der Waals surface area contributed by atoms with Crippen molar-refractivity contribution in [3.8, 4) is 17.2 Å². The number of ether oxygens (including phenoxy) is 3. The molecular weight excluding hydrogens is 349 g/mol. The Morgan fingerprint density at radius 1 is 0.962 bits per heavy atom. The summed E-state index contributed by atoms with van der Waals surface area (Å²) >= 11 is 0. The second-order valence-electron chi connectivity index (χ2n) is 5.19. The molecule has 0 heterocycles. The molecule has 0 N–H and O–H groups in total. The quantitative estimate of drug-likeness (QED) is 0.552. The van der Waals surface area contributed by atoms with Crippen molar-refractivity contribution in [3.05, 3.63) is 59.2 Å². The van der Waals surface area contributed by atoms with Gasteiger partial charge in [0, 0.05) is 12.1 Å². The van der Waals surface area contributed by atoms with E-state index in [0.29, 0.717) is 5.75 Å². The zero-order chi connectivity index (χ0) is 19.3. The SMILES string of the molecule is COc1cc(OC)c(C(=O)/C=C/c2ccccc2C(F)(F)F)c(OC)c1. The lowest BCUT2D eigenvalue weighted by Crippen LogP contribution is -2.07. The van der Waals surface area contributed by atoms with Gasteiger partial charge in [-0.05, 0) is 17.7 Å². The number of alkyl halides is 3. The van der Waals surface area contributed by atoms with E-state index in [0.717, 1.165) is 18.2 Å². The molecular formula is C19H17F3O4. The van der Waals surface area contributed by atoms with E-state index in [-0.39, 0.29) is 22.6 Å². The number of rotatable bonds is 6. The molecule has 0 amide bonds. The zero-order valence-electron chi connectivity index (χ0n) is 14.4. The van der Waals surface area contributed by atoms with E-state index in [1.807, 2.05) is 0 Å². The van der Waals surface area contributed by atoms with Crippen LogP contribution in [0.4, 0.5) is 13.2 Å². The molecule has 0 bridgehead atoms. The number of allylic oxidation sites excluding steroid dienone is 1. The Morgan fingerprint density at radius 3 is 2.04 bits per heavy atom. The third-order valence-corrected chi connectivity index (χ3v) is 3.64. The Bertz CT molecular complexity index is 801. The maximum atomic E-state index is 13.0. The van der Waals surface area contributed by atoms with E-state index in [1.54, 1.807) is 0 Å². The number of hydrogen-bond acceptors (Lipinski definition) is 4. The number of halogens is 3. The molecule has 0 unspecified atom stereocenters. The molecule has 26 heavy (non-hydrogen) atoms. The highest BCUT2D eigenvalue weighted by molar-refractivity contribution is 6.10. The number of benzene rings is 2. The molecule has 4 nitrogen and oxygen atoms in total. The van der Waals surface area contributed by atoms with Crippen molar-refractivity contribution in [2.75, 3.05) is 21.3 Å². The van der Waals surface area contributed by atoms with Crippen LogP contribution in [0.5, 0.6) is 17.2 Å². The predicted molar refractivity (Wildman–Crippen MR) is 90.9 cm³/mol. The molecule has 2 rings (SSSR count). The molecule has 0 fully saturated rings. The predicted octanol–water partition coefficient (Wildman–Crippen LogP) is 4.63. The molecule has 0 radical (unpaired) electrons. The summed E-state index contributed by atoms with van der Waals surface area (Å²) in [5.41, 5.74) is -0.839. The van der Waals surface area contributed by atoms with Crippen molar-refractivity contribution >= 4 is 11.9 Å². The lowest BCUT2D eigenvalue weighted by molar-refractivity contribution is -0.137. The van der Waals surface area contributed by atoms with Crippen molar-refractivity contribution in [1.82, 2.24) is 0 Å². The van der Waals surface area contributed by atoms with Crippen molar-refractivity contribution in [2.24, 2.45) is 0 Å². The van der Waals surface area contributed by atoms with Gasteiger partial charge >= 0.3 is 6.18 Å². The maximum Gasteiger partial charge on any atom is 0.416 e. The number of methoxy groups -OCH3 is 3. The van der Waals surface area contributed by atoms with Crippen molar-refractivity contribution in [2.45, 2.75) is 6.18 Å². The minimum absolute atomic E-state index is 0.0940. The number of carbonyl (C=O) groups excluding carboxylic acids is 1. The van der Waals surface area contributed by atoms with Gasteiger partial charge in [-0.3, -0.25) is 4.79 Å². The average molecular weight is 366 g/mol. The lowest BCUT2D eigenvalue weighted by atomic mass is 10.0. The van der Waals surface area contributed by atoms with E-state index >= 15 is 0 Å². The number of ketones is 1. The Morgan fingerprint density at radius 2 is 1.54 bits per heavy atom. The van der Waals surface area contributed by atoms with E-state index in [2.05, 4.69) is 0 Å². The van der Waals surface area contributed by atoms with E-state index < -0.39 is 17.5 Å². The Kier molecular flexibility index (Phi) is 5.92. The van der Waals surface area contributed by atoms with Gasteiger partial charge in [-0.15, -0.1) is 0 Å². The normalized spacial score (nSPS) is 11.5. The fourth-order valence-electron chi connectivity index (χ4n) is 2.40. The Balaban J connectivity index is 2.44. The van der Waals surface area contributed by atoms with Crippen molar-refractivity contribution < 1.29 is 32.2 Å². The molecule has 2 aromatic carbocycles. The molecule has 0 aliphatic rings. The second-order valence-corrected chi connectivity index (χ2v) is 5.19. The van der Waals surface area contributed by atoms with Crippen LogP contribution in [0.3, 0.4) is 0 Å². The first kappa shape index (κ1) is 19.4. The van der Waals surface area contributed by atoms with Gasteiger partial charge in [-0.2, -0.15) is 13.2 Å². The lowest BCUT2D eigenvalue weighted by Gasteiger charge is -2.13. The molecule has 138 valence electrons. The van der Waals surface area contributed by atoms with Gasteiger partial charge in [0.15, 0.2) is 5.78 Å². The van der Waals surface area contributed by atoms with Crippen LogP contribution >= 0.6 is 0 Å². The van der Waals surface area contributed by atoms with Gasteiger partial charge in [-0.1, -0.05) is 24.3 Å². The summed E-state index contributed by atoms with van der Waals surface area (Å²) in [6.07, 6.45) is -2.34.